The molecule has 0 aliphatic carbocycles. The lowest BCUT2D eigenvalue weighted by Crippen LogP contribution is -2.22. The molecule has 0 bridgehead atoms. The summed E-state index contributed by atoms with van der Waals surface area (Å²) < 4.78 is 0. The Hall–Kier alpha value is -3.12. The number of hydrogen-bond donors (Lipinski definition) is 3. The standard InChI is InChI=1S/C22H20N2O3S/c1-12-5-3-7-15(9-12)23-21(27)20-13(2)19-17(11-18(26)24-22(19)28-20)14-6-4-8-16(25)10-14/h3-10,17,25H,11H2,1-2H3,(H,23,27)(H,24,26)/t17-/m1/s1. The molecule has 0 radical (unpaired) electrons. The van der Waals surface area contributed by atoms with Crippen LogP contribution in [0.3, 0.4) is 0 Å². The second-order valence-electron chi connectivity index (χ2n) is 7.02. The van der Waals surface area contributed by atoms with Crippen LogP contribution in [-0.2, 0) is 4.79 Å². The van der Waals surface area contributed by atoms with Gasteiger partial charge in [-0.15, -0.1) is 11.3 Å². The van der Waals surface area contributed by atoms with Gasteiger partial charge >= 0.3 is 0 Å². The van der Waals surface area contributed by atoms with Crippen LogP contribution in [-0.4, -0.2) is 16.9 Å². The lowest BCUT2D eigenvalue weighted by atomic mass is 9.85. The molecule has 0 fully saturated rings. The Kier molecular flexibility index (Phi) is 4.65. The van der Waals surface area contributed by atoms with Crippen LogP contribution in [0.5, 0.6) is 5.75 Å². The molecule has 1 atom stereocenters. The number of thiophene rings is 1. The Balaban J connectivity index is 1.72. The highest BCUT2D eigenvalue weighted by Gasteiger charge is 2.33. The van der Waals surface area contributed by atoms with Gasteiger partial charge in [-0.1, -0.05) is 24.3 Å². The second kappa shape index (κ2) is 7.13. The van der Waals surface area contributed by atoms with Gasteiger partial charge in [-0.05, 0) is 60.4 Å². The van der Waals surface area contributed by atoms with Crippen LogP contribution >= 0.6 is 11.3 Å². The lowest BCUT2D eigenvalue weighted by molar-refractivity contribution is -0.116. The van der Waals surface area contributed by atoms with E-state index in [1.54, 1.807) is 18.2 Å². The minimum absolute atomic E-state index is 0.0901. The maximum absolute atomic E-state index is 12.9. The number of rotatable bonds is 3. The van der Waals surface area contributed by atoms with E-state index in [2.05, 4.69) is 10.6 Å². The minimum Gasteiger partial charge on any atom is -0.508 e. The van der Waals surface area contributed by atoms with Crippen LogP contribution in [0.4, 0.5) is 10.7 Å². The second-order valence-corrected chi connectivity index (χ2v) is 8.04. The molecule has 3 aromatic rings. The zero-order chi connectivity index (χ0) is 19.8. The number of aromatic hydroxyl groups is 1. The Bertz CT molecular complexity index is 1090. The van der Waals surface area contributed by atoms with Crippen molar-refractivity contribution < 1.29 is 14.7 Å². The maximum Gasteiger partial charge on any atom is 0.266 e. The van der Waals surface area contributed by atoms with Gasteiger partial charge in [0.25, 0.3) is 5.91 Å². The van der Waals surface area contributed by atoms with Gasteiger partial charge in [0.15, 0.2) is 0 Å². The van der Waals surface area contributed by atoms with Crippen molar-refractivity contribution in [2.24, 2.45) is 0 Å². The van der Waals surface area contributed by atoms with Crippen molar-refractivity contribution >= 4 is 33.8 Å². The molecular weight excluding hydrogens is 372 g/mol. The van der Waals surface area contributed by atoms with Crippen molar-refractivity contribution in [1.29, 1.82) is 0 Å². The summed E-state index contributed by atoms with van der Waals surface area (Å²) in [5.41, 5.74) is 4.48. The van der Waals surface area contributed by atoms with E-state index in [4.69, 9.17) is 0 Å². The highest BCUT2D eigenvalue weighted by molar-refractivity contribution is 7.18. The van der Waals surface area contributed by atoms with E-state index < -0.39 is 0 Å². The number of carbonyl (C=O) groups excluding carboxylic acids is 2. The largest absolute Gasteiger partial charge is 0.508 e. The van der Waals surface area contributed by atoms with Gasteiger partial charge in [0, 0.05) is 18.0 Å². The van der Waals surface area contributed by atoms with Gasteiger partial charge in [-0.2, -0.15) is 0 Å². The molecule has 142 valence electrons. The van der Waals surface area contributed by atoms with E-state index in [1.165, 1.54) is 11.3 Å². The van der Waals surface area contributed by atoms with E-state index in [0.717, 1.165) is 27.9 Å². The lowest BCUT2D eigenvalue weighted by Gasteiger charge is -2.24. The Labute approximate surface area is 167 Å². The normalized spacial score (nSPS) is 15.6. The first-order chi connectivity index (χ1) is 13.4. The summed E-state index contributed by atoms with van der Waals surface area (Å²) in [5, 5.41) is 16.4. The molecule has 6 heteroatoms. The van der Waals surface area contributed by atoms with Crippen LogP contribution in [0.2, 0.25) is 0 Å². The fourth-order valence-electron chi connectivity index (χ4n) is 3.66. The highest BCUT2D eigenvalue weighted by atomic mass is 32.1. The average Bonchev–Trinajstić information content (AvgIpc) is 2.97. The molecule has 1 aliphatic rings. The molecule has 2 aromatic carbocycles. The SMILES string of the molecule is Cc1cccc(NC(=O)c2sc3c(c2C)[C@@H](c2cccc(O)c2)CC(=O)N3)c1. The molecule has 3 N–H and O–H groups in total. The molecule has 0 spiro atoms. The van der Waals surface area contributed by atoms with Crippen molar-refractivity contribution in [3.05, 3.63) is 75.7 Å². The third-order valence-corrected chi connectivity index (χ3v) is 6.16. The summed E-state index contributed by atoms with van der Waals surface area (Å²) in [4.78, 5) is 25.7. The smallest absolute Gasteiger partial charge is 0.266 e. The number of anilines is 2. The predicted molar refractivity (Wildman–Crippen MR) is 111 cm³/mol. The van der Waals surface area contributed by atoms with Gasteiger partial charge in [0.2, 0.25) is 5.91 Å². The molecule has 4 rings (SSSR count). The van der Waals surface area contributed by atoms with Crippen molar-refractivity contribution in [2.75, 3.05) is 10.6 Å². The monoisotopic (exact) mass is 392 g/mol. The van der Waals surface area contributed by atoms with Crippen molar-refractivity contribution in [1.82, 2.24) is 0 Å². The van der Waals surface area contributed by atoms with Gasteiger partial charge in [0.05, 0.1) is 9.88 Å². The first kappa shape index (κ1) is 18.3. The van der Waals surface area contributed by atoms with E-state index >= 15 is 0 Å². The number of fused-ring (bicyclic) bond motifs is 1. The number of aryl methyl sites for hydroxylation is 1. The van der Waals surface area contributed by atoms with Crippen molar-refractivity contribution in [3.8, 4) is 5.75 Å². The minimum atomic E-state index is -0.189. The third kappa shape index (κ3) is 3.39. The molecule has 1 aromatic heterocycles. The van der Waals surface area contributed by atoms with Crippen LogP contribution < -0.4 is 10.6 Å². The molecule has 28 heavy (non-hydrogen) atoms. The number of nitrogens with one attached hydrogen (secondary N) is 2. The summed E-state index contributed by atoms with van der Waals surface area (Å²) in [5.74, 6) is -0.304. The van der Waals surface area contributed by atoms with Crippen LogP contribution in [0.1, 0.15) is 44.3 Å². The topological polar surface area (TPSA) is 78.4 Å². The highest BCUT2D eigenvalue weighted by Crippen LogP contribution is 2.45. The van der Waals surface area contributed by atoms with Gasteiger partial charge in [-0.3, -0.25) is 9.59 Å². The fourth-order valence-corrected chi connectivity index (χ4v) is 4.84. The Morgan fingerprint density at radius 3 is 2.71 bits per heavy atom. The van der Waals surface area contributed by atoms with Gasteiger partial charge in [0.1, 0.15) is 5.75 Å². The van der Waals surface area contributed by atoms with E-state index in [-0.39, 0.29) is 29.9 Å². The van der Waals surface area contributed by atoms with Crippen molar-refractivity contribution in [3.63, 3.8) is 0 Å². The van der Waals surface area contributed by atoms with Crippen LogP contribution in [0, 0.1) is 13.8 Å². The summed E-state index contributed by atoms with van der Waals surface area (Å²) in [6.45, 7) is 3.88. The van der Waals surface area contributed by atoms with Gasteiger partial charge in [-0.25, -0.2) is 0 Å². The first-order valence-corrected chi connectivity index (χ1v) is 9.84. The molecule has 2 amide bonds. The molecule has 0 saturated carbocycles. The quantitative estimate of drug-likeness (QED) is 0.599. The average molecular weight is 392 g/mol. The number of amides is 2. The molecule has 0 unspecified atom stereocenters. The molecule has 5 nitrogen and oxygen atoms in total. The Morgan fingerprint density at radius 2 is 1.96 bits per heavy atom. The zero-order valence-electron chi connectivity index (χ0n) is 15.6. The van der Waals surface area contributed by atoms with E-state index in [9.17, 15) is 14.7 Å². The third-order valence-electron chi connectivity index (χ3n) is 4.94. The Morgan fingerprint density at radius 1 is 1.18 bits per heavy atom. The number of hydrogen-bond acceptors (Lipinski definition) is 4. The predicted octanol–water partition coefficient (Wildman–Crippen LogP) is 4.80. The molecular formula is C22H20N2O3S. The molecule has 1 aliphatic heterocycles. The maximum atomic E-state index is 12.9. The number of phenolic OH excluding ortho intramolecular Hbond substituents is 1. The summed E-state index contributed by atoms with van der Waals surface area (Å²) >= 11 is 1.29. The number of phenols is 1. The molecule has 0 saturated heterocycles. The van der Waals surface area contributed by atoms with E-state index in [1.807, 2.05) is 44.2 Å². The fraction of sp³-hybridized carbons (Fsp3) is 0.182. The van der Waals surface area contributed by atoms with E-state index in [0.29, 0.717) is 9.88 Å². The van der Waals surface area contributed by atoms with Crippen LogP contribution in [0.25, 0.3) is 0 Å². The first-order valence-electron chi connectivity index (χ1n) is 9.02. The number of carbonyl (C=O) groups is 2. The number of benzene rings is 2. The molecule has 2 heterocycles. The summed E-state index contributed by atoms with van der Waals surface area (Å²) in [6.07, 6.45) is 0.285. The van der Waals surface area contributed by atoms with Gasteiger partial charge < -0.3 is 15.7 Å². The summed E-state index contributed by atoms with van der Waals surface area (Å²) in [6, 6.07) is 14.6. The van der Waals surface area contributed by atoms with Crippen LogP contribution in [0.15, 0.2) is 48.5 Å². The summed E-state index contributed by atoms with van der Waals surface area (Å²) in [7, 11) is 0. The zero-order valence-corrected chi connectivity index (χ0v) is 16.4. The van der Waals surface area contributed by atoms with Crippen molar-refractivity contribution in [2.45, 2.75) is 26.2 Å².